The predicted octanol–water partition coefficient (Wildman–Crippen LogP) is 4.60. The Labute approximate surface area is 220 Å². The van der Waals surface area contributed by atoms with Crippen LogP contribution in [-0.4, -0.2) is 44.9 Å². The molecule has 1 aromatic heterocycles. The standard InChI is InChI=1S/C25H23BrN6O3S/c1-35-22-13-17(7-12-21(22)33)14-28-30-24(34)16-36-25-31-29-23(32(25)20-5-3-2-4-6-20)15-27-19-10-8-18(26)9-11-19/h2-14,27,33H,15-16H2,1H3,(H,30,34)/b28-14-. The Kier molecular flexibility index (Phi) is 8.58. The Morgan fingerprint density at radius 1 is 1.14 bits per heavy atom. The largest absolute Gasteiger partial charge is 0.504 e. The molecule has 4 rings (SSSR count). The summed E-state index contributed by atoms with van der Waals surface area (Å²) in [5, 5.41) is 26.3. The molecule has 0 bridgehead atoms. The number of aromatic nitrogens is 3. The van der Waals surface area contributed by atoms with Crippen LogP contribution in [0.25, 0.3) is 5.69 Å². The molecule has 9 nitrogen and oxygen atoms in total. The van der Waals surface area contributed by atoms with Crippen molar-refractivity contribution < 1.29 is 14.6 Å². The molecule has 0 atom stereocenters. The number of carbonyl (C=O) groups excluding carboxylic acids is 1. The number of methoxy groups -OCH3 is 1. The van der Waals surface area contributed by atoms with E-state index in [1.54, 1.807) is 12.1 Å². The third-order valence-electron chi connectivity index (χ3n) is 4.95. The fraction of sp³-hybridized carbons (Fsp3) is 0.120. The summed E-state index contributed by atoms with van der Waals surface area (Å²) in [4.78, 5) is 12.4. The van der Waals surface area contributed by atoms with E-state index in [4.69, 9.17) is 4.74 Å². The lowest BCUT2D eigenvalue weighted by molar-refractivity contribution is -0.118. The van der Waals surface area contributed by atoms with E-state index in [1.165, 1.54) is 31.2 Å². The Balaban J connectivity index is 1.41. The van der Waals surface area contributed by atoms with Crippen LogP contribution >= 0.6 is 27.7 Å². The van der Waals surface area contributed by atoms with Gasteiger partial charge in [0.25, 0.3) is 5.91 Å². The fourth-order valence-corrected chi connectivity index (χ4v) is 4.24. The van der Waals surface area contributed by atoms with E-state index in [2.05, 4.69) is 42.0 Å². The Bertz CT molecular complexity index is 1350. The number of thioether (sulfide) groups is 1. The number of hydrazone groups is 1. The minimum Gasteiger partial charge on any atom is -0.504 e. The van der Waals surface area contributed by atoms with Gasteiger partial charge in [-0.05, 0) is 60.2 Å². The number of carbonyl (C=O) groups is 1. The van der Waals surface area contributed by atoms with Gasteiger partial charge in [-0.25, -0.2) is 5.43 Å². The van der Waals surface area contributed by atoms with Crippen LogP contribution in [0.3, 0.4) is 0 Å². The number of amides is 1. The van der Waals surface area contributed by atoms with Crippen molar-refractivity contribution in [3.63, 3.8) is 0 Å². The molecule has 36 heavy (non-hydrogen) atoms. The molecule has 1 amide bonds. The quantitative estimate of drug-likeness (QED) is 0.146. The topological polar surface area (TPSA) is 114 Å². The zero-order valence-electron chi connectivity index (χ0n) is 19.3. The Morgan fingerprint density at radius 2 is 1.92 bits per heavy atom. The Hall–Kier alpha value is -3.83. The highest BCUT2D eigenvalue weighted by atomic mass is 79.9. The van der Waals surface area contributed by atoms with Crippen molar-refractivity contribution in [1.29, 1.82) is 0 Å². The second-order valence-electron chi connectivity index (χ2n) is 7.44. The number of nitrogens with one attached hydrogen (secondary N) is 2. The molecule has 3 aromatic carbocycles. The van der Waals surface area contributed by atoms with Crippen LogP contribution in [-0.2, 0) is 11.3 Å². The van der Waals surface area contributed by atoms with Crippen LogP contribution in [0.2, 0.25) is 0 Å². The average Bonchev–Trinajstić information content (AvgIpc) is 3.31. The van der Waals surface area contributed by atoms with Crippen molar-refractivity contribution in [2.75, 3.05) is 18.2 Å². The third kappa shape index (κ3) is 6.64. The van der Waals surface area contributed by atoms with Crippen molar-refractivity contribution in [3.8, 4) is 17.2 Å². The average molecular weight is 567 g/mol. The molecule has 4 aromatic rings. The van der Waals surface area contributed by atoms with Crippen molar-refractivity contribution >= 4 is 45.5 Å². The summed E-state index contributed by atoms with van der Waals surface area (Å²) in [6, 6.07) is 22.4. The van der Waals surface area contributed by atoms with Crippen molar-refractivity contribution in [2.45, 2.75) is 11.7 Å². The van der Waals surface area contributed by atoms with E-state index in [0.717, 1.165) is 15.8 Å². The summed E-state index contributed by atoms with van der Waals surface area (Å²) >= 11 is 4.70. The number of para-hydroxylation sites is 1. The van der Waals surface area contributed by atoms with Gasteiger partial charge < -0.3 is 15.2 Å². The van der Waals surface area contributed by atoms with Crippen LogP contribution in [0, 0.1) is 0 Å². The summed E-state index contributed by atoms with van der Waals surface area (Å²) in [7, 11) is 1.46. The van der Waals surface area contributed by atoms with Crippen molar-refractivity contribution in [2.24, 2.45) is 5.10 Å². The molecular weight excluding hydrogens is 544 g/mol. The number of ether oxygens (including phenoxy) is 1. The highest BCUT2D eigenvalue weighted by Gasteiger charge is 2.16. The molecule has 0 saturated carbocycles. The number of aromatic hydroxyl groups is 1. The summed E-state index contributed by atoms with van der Waals surface area (Å²) in [6.07, 6.45) is 1.48. The number of anilines is 1. The first-order valence-corrected chi connectivity index (χ1v) is 12.6. The highest BCUT2D eigenvalue weighted by molar-refractivity contribution is 9.10. The van der Waals surface area contributed by atoms with Gasteiger partial charge in [0.1, 0.15) is 0 Å². The minimum absolute atomic E-state index is 0.0315. The molecule has 0 fully saturated rings. The molecule has 0 saturated heterocycles. The first-order valence-electron chi connectivity index (χ1n) is 10.8. The molecule has 3 N–H and O–H groups in total. The van der Waals surface area contributed by atoms with Gasteiger partial charge in [0.15, 0.2) is 22.5 Å². The van der Waals surface area contributed by atoms with Crippen LogP contribution in [0.4, 0.5) is 5.69 Å². The molecule has 184 valence electrons. The number of hydrogen-bond acceptors (Lipinski definition) is 8. The van der Waals surface area contributed by atoms with Crippen LogP contribution in [0.5, 0.6) is 11.5 Å². The number of rotatable bonds is 10. The lowest BCUT2D eigenvalue weighted by Gasteiger charge is -2.11. The Morgan fingerprint density at radius 3 is 2.67 bits per heavy atom. The molecule has 0 aliphatic heterocycles. The normalized spacial score (nSPS) is 10.9. The van der Waals surface area contributed by atoms with Crippen molar-refractivity contribution in [1.82, 2.24) is 20.2 Å². The van der Waals surface area contributed by atoms with Crippen LogP contribution in [0.1, 0.15) is 11.4 Å². The molecular formula is C25H23BrN6O3S. The van der Waals surface area contributed by atoms with E-state index >= 15 is 0 Å². The van der Waals surface area contributed by atoms with Crippen LogP contribution < -0.4 is 15.5 Å². The molecule has 0 unspecified atom stereocenters. The summed E-state index contributed by atoms with van der Waals surface area (Å²) < 4.78 is 8.00. The monoisotopic (exact) mass is 566 g/mol. The maximum atomic E-state index is 12.4. The maximum Gasteiger partial charge on any atom is 0.250 e. The van der Waals surface area contributed by atoms with Gasteiger partial charge in [-0.3, -0.25) is 9.36 Å². The number of halogens is 1. The molecule has 0 aliphatic rings. The minimum atomic E-state index is -0.292. The smallest absolute Gasteiger partial charge is 0.250 e. The molecule has 1 heterocycles. The number of phenols is 1. The molecule has 0 aliphatic carbocycles. The SMILES string of the molecule is COc1cc(/C=N\NC(=O)CSc2nnc(CNc3ccc(Br)cc3)n2-c2ccccc2)ccc1O. The number of nitrogens with zero attached hydrogens (tertiary/aromatic N) is 4. The second kappa shape index (κ2) is 12.2. The van der Waals surface area contributed by atoms with E-state index in [0.29, 0.717) is 28.8 Å². The van der Waals surface area contributed by atoms with E-state index in [-0.39, 0.29) is 17.4 Å². The maximum absolute atomic E-state index is 12.4. The number of hydrogen-bond donors (Lipinski definition) is 3. The predicted molar refractivity (Wildman–Crippen MR) is 144 cm³/mol. The van der Waals surface area contributed by atoms with E-state index in [1.807, 2.05) is 59.2 Å². The van der Waals surface area contributed by atoms with Gasteiger partial charge in [0.2, 0.25) is 0 Å². The summed E-state index contributed by atoms with van der Waals surface area (Å²) in [5.41, 5.74) is 5.03. The molecule has 0 radical (unpaired) electrons. The van der Waals surface area contributed by atoms with Gasteiger partial charge in [0.05, 0.1) is 25.6 Å². The number of benzene rings is 3. The van der Waals surface area contributed by atoms with Gasteiger partial charge in [0, 0.05) is 15.8 Å². The third-order valence-corrected chi connectivity index (χ3v) is 6.41. The van der Waals surface area contributed by atoms with Crippen LogP contribution in [0.15, 0.2) is 87.5 Å². The van der Waals surface area contributed by atoms with E-state index in [9.17, 15) is 9.90 Å². The highest BCUT2D eigenvalue weighted by Crippen LogP contribution is 2.26. The zero-order valence-corrected chi connectivity index (χ0v) is 21.7. The number of phenolic OH excluding ortho intramolecular Hbond substituents is 1. The summed E-state index contributed by atoms with van der Waals surface area (Å²) in [5.74, 6) is 0.877. The summed E-state index contributed by atoms with van der Waals surface area (Å²) in [6.45, 7) is 0.455. The first kappa shape index (κ1) is 25.3. The molecule has 11 heteroatoms. The van der Waals surface area contributed by atoms with Crippen molar-refractivity contribution in [3.05, 3.63) is 88.7 Å². The van der Waals surface area contributed by atoms with Gasteiger partial charge in [-0.1, -0.05) is 45.9 Å². The fourth-order valence-electron chi connectivity index (χ4n) is 3.21. The zero-order chi connectivity index (χ0) is 25.3. The van der Waals surface area contributed by atoms with E-state index < -0.39 is 0 Å². The van der Waals surface area contributed by atoms with Gasteiger partial charge >= 0.3 is 0 Å². The van der Waals surface area contributed by atoms with Gasteiger partial charge in [-0.15, -0.1) is 10.2 Å². The lowest BCUT2D eigenvalue weighted by Crippen LogP contribution is -2.20. The second-order valence-corrected chi connectivity index (χ2v) is 9.30. The van der Waals surface area contributed by atoms with Gasteiger partial charge in [-0.2, -0.15) is 5.10 Å². The molecule has 0 spiro atoms. The first-order chi connectivity index (χ1) is 17.5. The lowest BCUT2D eigenvalue weighted by atomic mass is 10.2.